The number of nitrogens with zero attached hydrogens (tertiary/aromatic N) is 2. The van der Waals surface area contributed by atoms with Crippen LogP contribution in [0.4, 0.5) is 5.69 Å². The number of anilines is 1. The van der Waals surface area contributed by atoms with Gasteiger partial charge in [0.15, 0.2) is 0 Å². The first-order valence-corrected chi connectivity index (χ1v) is 7.57. The summed E-state index contributed by atoms with van der Waals surface area (Å²) in [5.41, 5.74) is 5.49. The monoisotopic (exact) mass is 303 g/mol. The van der Waals surface area contributed by atoms with Crippen LogP contribution >= 0.6 is 0 Å². The highest BCUT2D eigenvalue weighted by Crippen LogP contribution is 2.21. The molecule has 1 heterocycles. The SMILES string of the molecule is COC(C)c1cccc(NCc2c(C)nn(CCO)c2C)c1. The molecular weight excluding hydrogens is 278 g/mol. The van der Waals surface area contributed by atoms with Crippen molar-refractivity contribution < 1.29 is 9.84 Å². The zero-order valence-corrected chi connectivity index (χ0v) is 13.8. The molecule has 0 amide bonds. The molecule has 0 fully saturated rings. The molecule has 0 radical (unpaired) electrons. The maximum absolute atomic E-state index is 9.07. The summed E-state index contributed by atoms with van der Waals surface area (Å²) in [5, 5.41) is 17.0. The van der Waals surface area contributed by atoms with Crippen LogP contribution in [0.25, 0.3) is 0 Å². The number of rotatable bonds is 7. The first-order valence-electron chi connectivity index (χ1n) is 7.57. The number of aliphatic hydroxyl groups excluding tert-OH is 1. The maximum Gasteiger partial charge on any atom is 0.0793 e. The fraction of sp³-hybridized carbons (Fsp3) is 0.471. The van der Waals surface area contributed by atoms with E-state index in [9.17, 15) is 0 Å². The topological polar surface area (TPSA) is 59.3 Å². The summed E-state index contributed by atoms with van der Waals surface area (Å²) in [4.78, 5) is 0. The average Bonchev–Trinajstić information content (AvgIpc) is 2.79. The molecule has 0 saturated carbocycles. The molecule has 0 spiro atoms. The summed E-state index contributed by atoms with van der Waals surface area (Å²) >= 11 is 0. The van der Waals surface area contributed by atoms with Gasteiger partial charge in [0.05, 0.1) is 24.9 Å². The number of aliphatic hydroxyl groups is 1. The van der Waals surface area contributed by atoms with Gasteiger partial charge >= 0.3 is 0 Å². The van der Waals surface area contributed by atoms with E-state index in [1.165, 1.54) is 5.56 Å². The summed E-state index contributed by atoms with van der Waals surface area (Å²) in [7, 11) is 1.72. The molecule has 5 heteroatoms. The minimum absolute atomic E-state index is 0.0810. The Morgan fingerprint density at radius 3 is 2.82 bits per heavy atom. The highest BCUT2D eigenvalue weighted by molar-refractivity contribution is 5.47. The standard InChI is InChI=1S/C17H25N3O2/c1-12-17(13(2)20(19-12)8-9-21)11-18-16-7-5-6-15(10-16)14(3)22-4/h5-7,10,14,18,21H,8-9,11H2,1-4H3. The number of hydrogen-bond donors (Lipinski definition) is 2. The molecule has 0 aliphatic carbocycles. The second kappa shape index (κ2) is 7.42. The molecule has 5 nitrogen and oxygen atoms in total. The predicted molar refractivity (Wildman–Crippen MR) is 88.0 cm³/mol. The third-order valence-corrected chi connectivity index (χ3v) is 4.02. The molecule has 0 aliphatic heterocycles. The van der Waals surface area contributed by atoms with E-state index >= 15 is 0 Å². The maximum atomic E-state index is 9.07. The van der Waals surface area contributed by atoms with Gasteiger partial charge in [-0.2, -0.15) is 5.10 Å². The van der Waals surface area contributed by atoms with Gasteiger partial charge < -0.3 is 15.2 Å². The number of nitrogens with one attached hydrogen (secondary N) is 1. The molecule has 120 valence electrons. The summed E-state index contributed by atoms with van der Waals surface area (Å²) in [6, 6.07) is 8.25. The summed E-state index contributed by atoms with van der Waals surface area (Å²) < 4.78 is 7.21. The van der Waals surface area contributed by atoms with Crippen molar-refractivity contribution in [1.82, 2.24) is 9.78 Å². The Morgan fingerprint density at radius 2 is 2.14 bits per heavy atom. The van der Waals surface area contributed by atoms with E-state index in [0.717, 1.165) is 22.6 Å². The molecule has 1 unspecified atom stereocenters. The fourth-order valence-corrected chi connectivity index (χ4v) is 2.53. The van der Waals surface area contributed by atoms with Crippen molar-refractivity contribution in [2.24, 2.45) is 0 Å². The van der Waals surface area contributed by atoms with Crippen molar-refractivity contribution >= 4 is 5.69 Å². The summed E-state index contributed by atoms with van der Waals surface area (Å²) in [6.45, 7) is 7.43. The van der Waals surface area contributed by atoms with Crippen molar-refractivity contribution in [3.8, 4) is 0 Å². The molecule has 2 N–H and O–H groups in total. The molecule has 2 rings (SSSR count). The van der Waals surface area contributed by atoms with Gasteiger partial charge in [0.25, 0.3) is 0 Å². The number of aromatic nitrogens is 2. The first kappa shape index (κ1) is 16.5. The van der Waals surface area contributed by atoms with Crippen molar-refractivity contribution in [3.63, 3.8) is 0 Å². The zero-order valence-electron chi connectivity index (χ0n) is 13.8. The van der Waals surface area contributed by atoms with Crippen molar-refractivity contribution in [2.45, 2.75) is 40.0 Å². The Morgan fingerprint density at radius 1 is 1.36 bits per heavy atom. The molecular formula is C17H25N3O2. The molecule has 2 aromatic rings. The molecule has 0 bridgehead atoms. The summed E-state index contributed by atoms with van der Waals surface area (Å²) in [6.07, 6.45) is 0.0810. The Balaban J connectivity index is 2.10. The van der Waals surface area contributed by atoms with E-state index in [0.29, 0.717) is 13.1 Å². The van der Waals surface area contributed by atoms with E-state index < -0.39 is 0 Å². The number of aryl methyl sites for hydroxylation is 1. The lowest BCUT2D eigenvalue weighted by molar-refractivity contribution is 0.119. The van der Waals surface area contributed by atoms with Crippen LogP contribution in [0.1, 0.15) is 35.5 Å². The Hall–Kier alpha value is -1.85. The largest absolute Gasteiger partial charge is 0.394 e. The second-order valence-corrected chi connectivity index (χ2v) is 5.45. The number of benzene rings is 1. The van der Waals surface area contributed by atoms with Gasteiger partial charge in [-0.3, -0.25) is 4.68 Å². The summed E-state index contributed by atoms with van der Waals surface area (Å²) in [5.74, 6) is 0. The minimum atomic E-state index is 0.0810. The van der Waals surface area contributed by atoms with Gasteiger partial charge in [-0.05, 0) is 38.5 Å². The van der Waals surface area contributed by atoms with Crippen molar-refractivity contribution in [2.75, 3.05) is 19.0 Å². The molecule has 0 saturated heterocycles. The van der Waals surface area contributed by atoms with E-state index in [1.807, 2.05) is 31.5 Å². The Labute approximate surface area is 131 Å². The predicted octanol–water partition coefficient (Wildman–Crippen LogP) is 2.81. The lowest BCUT2D eigenvalue weighted by Gasteiger charge is -2.13. The first-order chi connectivity index (χ1) is 10.6. The quantitative estimate of drug-likeness (QED) is 0.826. The van der Waals surface area contributed by atoms with Gasteiger partial charge in [0.1, 0.15) is 0 Å². The van der Waals surface area contributed by atoms with E-state index in [1.54, 1.807) is 7.11 Å². The third-order valence-electron chi connectivity index (χ3n) is 4.02. The molecule has 22 heavy (non-hydrogen) atoms. The normalized spacial score (nSPS) is 12.4. The van der Waals surface area contributed by atoms with Crippen LogP contribution in [-0.2, 0) is 17.8 Å². The fourth-order valence-electron chi connectivity index (χ4n) is 2.53. The van der Waals surface area contributed by atoms with Crippen LogP contribution in [0.5, 0.6) is 0 Å². The van der Waals surface area contributed by atoms with Crippen LogP contribution in [0, 0.1) is 13.8 Å². The minimum Gasteiger partial charge on any atom is -0.394 e. The van der Waals surface area contributed by atoms with E-state index in [-0.39, 0.29) is 12.7 Å². The second-order valence-electron chi connectivity index (χ2n) is 5.45. The smallest absolute Gasteiger partial charge is 0.0793 e. The lowest BCUT2D eigenvalue weighted by atomic mass is 10.1. The lowest BCUT2D eigenvalue weighted by Crippen LogP contribution is -2.07. The number of hydrogen-bond acceptors (Lipinski definition) is 4. The highest BCUT2D eigenvalue weighted by Gasteiger charge is 2.11. The Kier molecular flexibility index (Phi) is 5.57. The molecule has 1 aromatic carbocycles. The van der Waals surface area contributed by atoms with Crippen LogP contribution in [0.3, 0.4) is 0 Å². The molecule has 1 aromatic heterocycles. The van der Waals surface area contributed by atoms with Crippen LogP contribution in [-0.4, -0.2) is 28.6 Å². The van der Waals surface area contributed by atoms with Crippen molar-refractivity contribution in [1.29, 1.82) is 0 Å². The van der Waals surface area contributed by atoms with Crippen molar-refractivity contribution in [3.05, 3.63) is 46.8 Å². The number of ether oxygens (including phenoxy) is 1. The van der Waals surface area contributed by atoms with Gasteiger partial charge in [-0.15, -0.1) is 0 Å². The van der Waals surface area contributed by atoms with Crippen LogP contribution in [0.2, 0.25) is 0 Å². The van der Waals surface area contributed by atoms with Gasteiger partial charge in [-0.25, -0.2) is 0 Å². The van der Waals surface area contributed by atoms with Crippen LogP contribution in [0.15, 0.2) is 24.3 Å². The third kappa shape index (κ3) is 3.67. The van der Waals surface area contributed by atoms with Gasteiger partial charge in [-0.1, -0.05) is 12.1 Å². The average molecular weight is 303 g/mol. The van der Waals surface area contributed by atoms with E-state index in [4.69, 9.17) is 9.84 Å². The molecule has 0 aliphatic rings. The van der Waals surface area contributed by atoms with Gasteiger partial charge in [0.2, 0.25) is 0 Å². The molecule has 1 atom stereocenters. The zero-order chi connectivity index (χ0) is 16.1. The highest BCUT2D eigenvalue weighted by atomic mass is 16.5. The van der Waals surface area contributed by atoms with Crippen LogP contribution < -0.4 is 5.32 Å². The Bertz CT molecular complexity index is 622. The van der Waals surface area contributed by atoms with E-state index in [2.05, 4.69) is 28.6 Å². The van der Waals surface area contributed by atoms with Gasteiger partial charge in [0, 0.05) is 30.6 Å². The number of methoxy groups -OCH3 is 1.